The Morgan fingerprint density at radius 1 is 1.14 bits per heavy atom. The van der Waals surface area contributed by atoms with E-state index in [-0.39, 0.29) is 11.2 Å². The highest BCUT2D eigenvalue weighted by molar-refractivity contribution is 6.08. The van der Waals surface area contributed by atoms with Crippen molar-refractivity contribution in [3.05, 3.63) is 23.3 Å². The third-order valence-corrected chi connectivity index (χ3v) is 2.43. The SMILES string of the molecule is C/C=C1/CCC/C(=C/C(C)(C)C)C1=O. The maximum atomic E-state index is 11.9. The fourth-order valence-electron chi connectivity index (χ4n) is 1.84. The summed E-state index contributed by atoms with van der Waals surface area (Å²) in [4.78, 5) is 11.9. The van der Waals surface area contributed by atoms with Gasteiger partial charge in [0.2, 0.25) is 0 Å². The van der Waals surface area contributed by atoms with E-state index in [4.69, 9.17) is 0 Å². The van der Waals surface area contributed by atoms with Crippen LogP contribution in [0.25, 0.3) is 0 Å². The molecule has 1 aliphatic rings. The van der Waals surface area contributed by atoms with E-state index >= 15 is 0 Å². The Morgan fingerprint density at radius 3 is 2.21 bits per heavy atom. The highest BCUT2D eigenvalue weighted by Crippen LogP contribution is 2.28. The number of carbonyl (C=O) groups is 1. The van der Waals surface area contributed by atoms with Gasteiger partial charge in [0, 0.05) is 0 Å². The molecule has 1 aliphatic carbocycles. The Morgan fingerprint density at radius 2 is 1.71 bits per heavy atom. The van der Waals surface area contributed by atoms with Crippen LogP contribution in [0.15, 0.2) is 23.3 Å². The van der Waals surface area contributed by atoms with Crippen molar-refractivity contribution in [1.29, 1.82) is 0 Å². The van der Waals surface area contributed by atoms with Gasteiger partial charge in [0.25, 0.3) is 0 Å². The largest absolute Gasteiger partial charge is 0.289 e. The maximum Gasteiger partial charge on any atom is 0.184 e. The van der Waals surface area contributed by atoms with E-state index in [1.807, 2.05) is 13.0 Å². The summed E-state index contributed by atoms with van der Waals surface area (Å²) in [6.45, 7) is 8.36. The number of hydrogen-bond donors (Lipinski definition) is 0. The minimum Gasteiger partial charge on any atom is -0.289 e. The molecule has 0 radical (unpaired) electrons. The Bertz CT molecular complexity index is 287. The molecule has 1 saturated carbocycles. The van der Waals surface area contributed by atoms with Crippen LogP contribution < -0.4 is 0 Å². The average molecular weight is 192 g/mol. The van der Waals surface area contributed by atoms with E-state index in [9.17, 15) is 4.79 Å². The van der Waals surface area contributed by atoms with Gasteiger partial charge < -0.3 is 0 Å². The number of Topliss-reactive ketones (excluding diaryl/α,β-unsaturated/α-hetero) is 1. The molecule has 1 nitrogen and oxygen atoms in total. The van der Waals surface area contributed by atoms with Gasteiger partial charge in [-0.15, -0.1) is 0 Å². The molecule has 0 aliphatic heterocycles. The second-order valence-electron chi connectivity index (χ2n) is 5.03. The van der Waals surface area contributed by atoms with Crippen LogP contribution in [0.1, 0.15) is 47.0 Å². The molecule has 0 aromatic carbocycles. The zero-order chi connectivity index (χ0) is 10.8. The first-order chi connectivity index (χ1) is 6.44. The van der Waals surface area contributed by atoms with Crippen molar-refractivity contribution in [2.45, 2.75) is 47.0 Å². The van der Waals surface area contributed by atoms with E-state index in [1.54, 1.807) is 0 Å². The lowest BCUT2D eigenvalue weighted by Gasteiger charge is -2.20. The molecule has 0 amide bonds. The van der Waals surface area contributed by atoms with Gasteiger partial charge in [0.15, 0.2) is 5.78 Å². The molecule has 0 unspecified atom stereocenters. The van der Waals surface area contributed by atoms with Crippen LogP contribution in [0, 0.1) is 5.41 Å². The topological polar surface area (TPSA) is 17.1 Å². The molecular weight excluding hydrogens is 172 g/mol. The van der Waals surface area contributed by atoms with Gasteiger partial charge in [0.05, 0.1) is 0 Å². The van der Waals surface area contributed by atoms with Crippen LogP contribution in [-0.2, 0) is 4.79 Å². The second kappa shape index (κ2) is 4.12. The van der Waals surface area contributed by atoms with Crippen molar-refractivity contribution in [2.75, 3.05) is 0 Å². The second-order valence-corrected chi connectivity index (χ2v) is 5.03. The quantitative estimate of drug-likeness (QED) is 0.535. The van der Waals surface area contributed by atoms with Gasteiger partial charge in [-0.3, -0.25) is 4.79 Å². The molecular formula is C13H20O. The Kier molecular flexibility index (Phi) is 3.30. The van der Waals surface area contributed by atoms with Crippen LogP contribution >= 0.6 is 0 Å². The molecule has 78 valence electrons. The van der Waals surface area contributed by atoms with Crippen LogP contribution in [0.4, 0.5) is 0 Å². The van der Waals surface area contributed by atoms with Gasteiger partial charge in [-0.1, -0.05) is 32.9 Å². The molecule has 0 aromatic heterocycles. The van der Waals surface area contributed by atoms with Crippen molar-refractivity contribution < 1.29 is 4.79 Å². The zero-order valence-corrected chi connectivity index (χ0v) is 9.68. The van der Waals surface area contributed by atoms with E-state index in [2.05, 4.69) is 26.8 Å². The molecule has 0 bridgehead atoms. The summed E-state index contributed by atoms with van der Waals surface area (Å²) in [6, 6.07) is 0. The van der Waals surface area contributed by atoms with Gasteiger partial charge in [-0.2, -0.15) is 0 Å². The molecule has 14 heavy (non-hydrogen) atoms. The highest BCUT2D eigenvalue weighted by atomic mass is 16.1. The summed E-state index contributed by atoms with van der Waals surface area (Å²) in [5.74, 6) is 0.272. The third-order valence-electron chi connectivity index (χ3n) is 2.43. The Balaban J connectivity index is 2.91. The molecule has 0 spiro atoms. The Hall–Kier alpha value is -0.850. The lowest BCUT2D eigenvalue weighted by molar-refractivity contribution is -0.113. The van der Waals surface area contributed by atoms with Crippen LogP contribution in [-0.4, -0.2) is 5.78 Å². The number of rotatable bonds is 0. The summed E-state index contributed by atoms with van der Waals surface area (Å²) >= 11 is 0. The fourth-order valence-corrected chi connectivity index (χ4v) is 1.84. The minimum absolute atomic E-state index is 0.112. The van der Waals surface area contributed by atoms with E-state index in [0.29, 0.717) is 0 Å². The first-order valence-corrected chi connectivity index (χ1v) is 5.35. The summed E-state index contributed by atoms with van der Waals surface area (Å²) < 4.78 is 0. The Labute approximate surface area is 86.9 Å². The third kappa shape index (κ3) is 2.83. The highest BCUT2D eigenvalue weighted by Gasteiger charge is 2.21. The predicted molar refractivity (Wildman–Crippen MR) is 60.2 cm³/mol. The molecule has 0 aromatic rings. The van der Waals surface area contributed by atoms with Gasteiger partial charge in [-0.05, 0) is 42.7 Å². The smallest absolute Gasteiger partial charge is 0.184 e. The normalized spacial score (nSPS) is 24.7. The van der Waals surface area contributed by atoms with Crippen molar-refractivity contribution >= 4 is 5.78 Å². The lowest BCUT2D eigenvalue weighted by atomic mass is 9.84. The van der Waals surface area contributed by atoms with Gasteiger partial charge in [-0.25, -0.2) is 0 Å². The van der Waals surface area contributed by atoms with Crippen molar-refractivity contribution in [1.82, 2.24) is 0 Å². The summed E-state index contributed by atoms with van der Waals surface area (Å²) in [7, 11) is 0. The van der Waals surface area contributed by atoms with E-state index < -0.39 is 0 Å². The molecule has 1 fully saturated rings. The molecule has 0 N–H and O–H groups in total. The minimum atomic E-state index is 0.112. The van der Waals surface area contributed by atoms with Crippen LogP contribution in [0.5, 0.6) is 0 Å². The van der Waals surface area contributed by atoms with E-state index in [1.165, 1.54) is 0 Å². The molecule has 0 saturated heterocycles. The first-order valence-electron chi connectivity index (χ1n) is 5.35. The standard InChI is InChI=1S/C13H20O/c1-5-10-7-6-8-11(12(10)14)9-13(2,3)4/h5,9H,6-8H2,1-4H3/b10-5-,11-9-. The number of allylic oxidation sites excluding steroid dienone is 4. The summed E-state index contributed by atoms with van der Waals surface area (Å²) in [5, 5.41) is 0. The summed E-state index contributed by atoms with van der Waals surface area (Å²) in [5.41, 5.74) is 2.12. The zero-order valence-electron chi connectivity index (χ0n) is 9.68. The fraction of sp³-hybridized carbons (Fsp3) is 0.615. The molecule has 0 heterocycles. The summed E-state index contributed by atoms with van der Waals surface area (Å²) in [6.07, 6.45) is 7.10. The monoisotopic (exact) mass is 192 g/mol. The average Bonchev–Trinajstić information content (AvgIpc) is 2.06. The molecule has 1 heteroatoms. The number of hydrogen-bond acceptors (Lipinski definition) is 1. The van der Waals surface area contributed by atoms with Crippen molar-refractivity contribution in [3.63, 3.8) is 0 Å². The number of carbonyl (C=O) groups excluding carboxylic acids is 1. The van der Waals surface area contributed by atoms with Crippen LogP contribution in [0.2, 0.25) is 0 Å². The first kappa shape index (κ1) is 11.2. The van der Waals surface area contributed by atoms with Crippen LogP contribution in [0.3, 0.4) is 0 Å². The lowest BCUT2D eigenvalue weighted by Crippen LogP contribution is -2.15. The van der Waals surface area contributed by atoms with Gasteiger partial charge in [0.1, 0.15) is 0 Å². The van der Waals surface area contributed by atoms with Crippen molar-refractivity contribution in [3.8, 4) is 0 Å². The molecule has 1 rings (SSSR count). The number of ketones is 1. The predicted octanol–water partition coefficient (Wildman–Crippen LogP) is 3.66. The van der Waals surface area contributed by atoms with Crippen molar-refractivity contribution in [2.24, 2.45) is 5.41 Å². The van der Waals surface area contributed by atoms with E-state index in [0.717, 1.165) is 30.4 Å². The molecule has 0 atom stereocenters. The van der Waals surface area contributed by atoms with Gasteiger partial charge >= 0.3 is 0 Å². The maximum absolute atomic E-state index is 11.9.